The minimum Gasteiger partial charge on any atom is -0.508 e. The molecular formula is C6H7OP. The van der Waals surface area contributed by atoms with Gasteiger partial charge in [-0.1, -0.05) is 12.1 Å². The van der Waals surface area contributed by atoms with Crippen LogP contribution in [0.4, 0.5) is 0 Å². The van der Waals surface area contributed by atoms with Crippen molar-refractivity contribution in [1.82, 2.24) is 0 Å². The molecule has 1 unspecified atom stereocenters. The summed E-state index contributed by atoms with van der Waals surface area (Å²) in [5.74, 6) is 0.316. The van der Waals surface area contributed by atoms with Crippen molar-refractivity contribution in [1.29, 1.82) is 0 Å². The lowest BCUT2D eigenvalue weighted by Crippen LogP contribution is -1.83. The summed E-state index contributed by atoms with van der Waals surface area (Å²) in [6, 6.07) is 6.98. The predicted molar refractivity (Wildman–Crippen MR) is 37.5 cm³/mol. The highest BCUT2D eigenvalue weighted by Gasteiger charge is 1.82. The number of hydrogen-bond acceptors (Lipinski definition) is 1. The van der Waals surface area contributed by atoms with Crippen LogP contribution in [0.5, 0.6) is 5.75 Å². The van der Waals surface area contributed by atoms with Crippen molar-refractivity contribution in [2.75, 3.05) is 0 Å². The molecule has 1 aromatic rings. The molecule has 0 amide bonds. The van der Waals surface area contributed by atoms with Gasteiger partial charge in [0, 0.05) is 0 Å². The van der Waals surface area contributed by atoms with Crippen molar-refractivity contribution in [2.45, 2.75) is 0 Å². The van der Waals surface area contributed by atoms with Gasteiger partial charge in [-0.2, -0.15) is 0 Å². The fourth-order valence-electron chi connectivity index (χ4n) is 0.474. The second-order valence-corrected chi connectivity index (χ2v) is 2.26. The van der Waals surface area contributed by atoms with E-state index in [9.17, 15) is 0 Å². The van der Waals surface area contributed by atoms with Crippen LogP contribution >= 0.6 is 9.24 Å². The summed E-state index contributed by atoms with van der Waals surface area (Å²) in [7, 11) is 2.54. The summed E-state index contributed by atoms with van der Waals surface area (Å²) in [5, 5.41) is 9.83. The van der Waals surface area contributed by atoms with Crippen LogP contribution in [0.1, 0.15) is 0 Å². The molecule has 42 valence electrons. The molecule has 0 fully saturated rings. The van der Waals surface area contributed by atoms with Crippen molar-refractivity contribution in [3.8, 4) is 5.75 Å². The van der Waals surface area contributed by atoms with E-state index in [-0.39, 0.29) is 0 Å². The maximum absolute atomic E-state index is 8.75. The van der Waals surface area contributed by atoms with E-state index in [1.54, 1.807) is 12.1 Å². The molecule has 0 saturated carbocycles. The van der Waals surface area contributed by atoms with E-state index in [1.807, 2.05) is 12.1 Å². The fourth-order valence-corrected chi connectivity index (χ4v) is 0.667. The third-order valence-electron chi connectivity index (χ3n) is 0.893. The van der Waals surface area contributed by atoms with Crippen LogP contribution < -0.4 is 5.30 Å². The zero-order valence-electron chi connectivity index (χ0n) is 4.33. The highest BCUT2D eigenvalue weighted by atomic mass is 31.0. The zero-order chi connectivity index (χ0) is 5.98. The highest BCUT2D eigenvalue weighted by molar-refractivity contribution is 7.27. The Morgan fingerprint density at radius 1 is 1.12 bits per heavy atom. The van der Waals surface area contributed by atoms with Gasteiger partial charge < -0.3 is 5.11 Å². The molecule has 0 aliphatic heterocycles. The van der Waals surface area contributed by atoms with Crippen molar-refractivity contribution in [3.05, 3.63) is 24.3 Å². The number of rotatable bonds is 0. The Kier molecular flexibility index (Phi) is 1.50. The standard InChI is InChI=1S/C6H7OP/c7-5-1-3-6(8)4-2-5/h1-4,7H,8H2. The Balaban J connectivity index is 3.03. The first-order valence-corrected chi connectivity index (χ1v) is 2.91. The normalized spacial score (nSPS) is 9.12. The summed E-state index contributed by atoms with van der Waals surface area (Å²) in [6.45, 7) is 0. The Bertz CT molecular complexity index is 147. The van der Waals surface area contributed by atoms with Crippen LogP contribution in [0.3, 0.4) is 0 Å². The van der Waals surface area contributed by atoms with Crippen molar-refractivity contribution < 1.29 is 5.11 Å². The van der Waals surface area contributed by atoms with Crippen molar-refractivity contribution >= 4 is 14.5 Å². The first-order chi connectivity index (χ1) is 3.79. The Morgan fingerprint density at radius 2 is 1.62 bits per heavy atom. The Labute approximate surface area is 50.6 Å². The van der Waals surface area contributed by atoms with Crippen LogP contribution in [-0.2, 0) is 0 Å². The molecule has 0 spiro atoms. The van der Waals surface area contributed by atoms with Gasteiger partial charge in [0.15, 0.2) is 0 Å². The molecule has 0 bridgehead atoms. The number of phenolic OH excluding ortho intramolecular Hbond substituents is 1. The second kappa shape index (κ2) is 2.15. The number of aromatic hydroxyl groups is 1. The Hall–Kier alpha value is -0.550. The van der Waals surface area contributed by atoms with E-state index >= 15 is 0 Å². The molecule has 0 aliphatic carbocycles. The van der Waals surface area contributed by atoms with Gasteiger partial charge in [-0.3, -0.25) is 0 Å². The lowest BCUT2D eigenvalue weighted by atomic mass is 10.3. The van der Waals surface area contributed by atoms with Crippen LogP contribution in [0, 0.1) is 0 Å². The number of benzene rings is 1. The summed E-state index contributed by atoms with van der Waals surface area (Å²) >= 11 is 0. The Morgan fingerprint density at radius 3 is 2.00 bits per heavy atom. The molecule has 0 aromatic heterocycles. The van der Waals surface area contributed by atoms with Crippen molar-refractivity contribution in [3.63, 3.8) is 0 Å². The van der Waals surface area contributed by atoms with Crippen LogP contribution in [-0.4, -0.2) is 5.11 Å². The van der Waals surface area contributed by atoms with Gasteiger partial charge in [-0.25, -0.2) is 0 Å². The number of hydrogen-bond donors (Lipinski definition) is 1. The summed E-state index contributed by atoms with van der Waals surface area (Å²) < 4.78 is 0. The SMILES string of the molecule is Oc1ccc(P)cc1. The van der Waals surface area contributed by atoms with Crippen LogP contribution in [0.15, 0.2) is 24.3 Å². The van der Waals surface area contributed by atoms with Gasteiger partial charge in [0.1, 0.15) is 5.75 Å². The molecule has 1 atom stereocenters. The molecule has 0 radical (unpaired) electrons. The minimum atomic E-state index is 0.316. The highest BCUT2D eigenvalue weighted by Crippen LogP contribution is 2.03. The summed E-state index contributed by atoms with van der Waals surface area (Å²) in [4.78, 5) is 0. The monoisotopic (exact) mass is 126 g/mol. The van der Waals surface area contributed by atoms with Gasteiger partial charge in [-0.05, 0) is 17.4 Å². The molecule has 1 rings (SSSR count). The average Bonchev–Trinajstić information content (AvgIpc) is 1.77. The zero-order valence-corrected chi connectivity index (χ0v) is 5.49. The molecule has 0 heterocycles. The first-order valence-electron chi connectivity index (χ1n) is 2.33. The van der Waals surface area contributed by atoms with E-state index in [2.05, 4.69) is 9.24 Å². The molecule has 8 heavy (non-hydrogen) atoms. The smallest absolute Gasteiger partial charge is 0.115 e. The predicted octanol–water partition coefficient (Wildman–Crippen LogP) is 0.893. The topological polar surface area (TPSA) is 20.2 Å². The summed E-state index contributed by atoms with van der Waals surface area (Å²) in [6.07, 6.45) is 0. The van der Waals surface area contributed by atoms with E-state index in [1.165, 1.54) is 0 Å². The third-order valence-corrected chi connectivity index (χ3v) is 1.28. The minimum absolute atomic E-state index is 0.316. The molecular weight excluding hydrogens is 119 g/mol. The fraction of sp³-hybridized carbons (Fsp3) is 0. The van der Waals surface area contributed by atoms with Crippen LogP contribution in [0.25, 0.3) is 0 Å². The van der Waals surface area contributed by atoms with E-state index in [0.29, 0.717) is 5.75 Å². The maximum atomic E-state index is 8.75. The van der Waals surface area contributed by atoms with Gasteiger partial charge in [0.25, 0.3) is 0 Å². The van der Waals surface area contributed by atoms with Gasteiger partial charge in [0.2, 0.25) is 0 Å². The molecule has 1 N–H and O–H groups in total. The van der Waals surface area contributed by atoms with E-state index in [0.717, 1.165) is 5.30 Å². The molecule has 0 aliphatic rings. The van der Waals surface area contributed by atoms with Gasteiger partial charge >= 0.3 is 0 Å². The summed E-state index contributed by atoms with van der Waals surface area (Å²) in [5.41, 5.74) is 0. The van der Waals surface area contributed by atoms with Gasteiger partial charge in [0.05, 0.1) is 0 Å². The quantitative estimate of drug-likeness (QED) is 0.512. The lowest BCUT2D eigenvalue weighted by molar-refractivity contribution is 0.475. The molecule has 2 heteroatoms. The van der Waals surface area contributed by atoms with E-state index < -0.39 is 0 Å². The number of phenols is 1. The maximum Gasteiger partial charge on any atom is 0.115 e. The second-order valence-electron chi connectivity index (χ2n) is 1.59. The van der Waals surface area contributed by atoms with Crippen molar-refractivity contribution in [2.24, 2.45) is 0 Å². The molecule has 1 nitrogen and oxygen atoms in total. The largest absolute Gasteiger partial charge is 0.508 e. The first kappa shape index (κ1) is 5.58. The van der Waals surface area contributed by atoms with Gasteiger partial charge in [-0.15, -0.1) is 9.24 Å². The average molecular weight is 126 g/mol. The lowest BCUT2D eigenvalue weighted by Gasteiger charge is -1.89. The van der Waals surface area contributed by atoms with E-state index in [4.69, 9.17) is 5.11 Å². The third kappa shape index (κ3) is 1.21. The molecule has 1 aromatic carbocycles. The molecule has 0 saturated heterocycles. The van der Waals surface area contributed by atoms with Crippen LogP contribution in [0.2, 0.25) is 0 Å².